The number of esters is 1. The fraction of sp³-hybridized carbons (Fsp3) is 0.353. The van der Waals surface area contributed by atoms with E-state index in [1.54, 1.807) is 13.0 Å². The Balaban J connectivity index is 1.70. The second kappa shape index (κ2) is 7.34. The monoisotopic (exact) mass is 362 g/mol. The third kappa shape index (κ3) is 3.71. The molecule has 1 aliphatic rings. The number of hydrogen-bond acceptors (Lipinski definition) is 8. The molecule has 0 saturated heterocycles. The highest BCUT2D eigenvalue weighted by Gasteiger charge is 2.24. The van der Waals surface area contributed by atoms with E-state index in [1.807, 2.05) is 0 Å². The average molecular weight is 362 g/mol. The van der Waals surface area contributed by atoms with Crippen molar-refractivity contribution in [1.29, 1.82) is 0 Å². The van der Waals surface area contributed by atoms with Crippen molar-refractivity contribution in [2.45, 2.75) is 20.0 Å². The maximum Gasteiger partial charge on any atom is 0.339 e. The number of rotatable bonds is 5. The van der Waals surface area contributed by atoms with E-state index >= 15 is 0 Å². The topological polar surface area (TPSA) is 109 Å². The summed E-state index contributed by atoms with van der Waals surface area (Å²) in [5.74, 6) is 0.740. The van der Waals surface area contributed by atoms with Crippen LogP contribution in [0.3, 0.4) is 0 Å². The van der Waals surface area contributed by atoms with Crippen LogP contribution in [-0.4, -0.2) is 43.5 Å². The number of nitrogens with one attached hydrogen (secondary N) is 1. The first-order valence-corrected chi connectivity index (χ1v) is 7.90. The maximum absolute atomic E-state index is 12.4. The first-order valence-electron chi connectivity index (χ1n) is 7.90. The molecule has 3 rings (SSSR count). The molecule has 26 heavy (non-hydrogen) atoms. The molecule has 9 nitrogen and oxygen atoms in total. The first kappa shape index (κ1) is 17.6. The average Bonchev–Trinajstić information content (AvgIpc) is 3.05. The Hall–Kier alpha value is -3.23. The fourth-order valence-electron chi connectivity index (χ4n) is 2.33. The number of fused-ring (bicyclic) bond motifs is 1. The number of aromatic nitrogens is 1. The van der Waals surface area contributed by atoms with Crippen LogP contribution >= 0.6 is 0 Å². The zero-order valence-corrected chi connectivity index (χ0v) is 14.5. The Morgan fingerprint density at radius 3 is 2.69 bits per heavy atom. The maximum atomic E-state index is 12.4. The van der Waals surface area contributed by atoms with Gasteiger partial charge in [0, 0.05) is 6.07 Å². The zero-order chi connectivity index (χ0) is 18.7. The first-order chi connectivity index (χ1) is 12.5. The molecule has 9 heteroatoms. The number of anilines is 1. The molecule has 1 N–H and O–H groups in total. The number of carbonyl (C=O) groups is 2. The van der Waals surface area contributed by atoms with Gasteiger partial charge in [-0.25, -0.2) is 4.79 Å². The lowest BCUT2D eigenvalue weighted by molar-refractivity contribution is -0.123. The van der Waals surface area contributed by atoms with Gasteiger partial charge in [0.05, 0.1) is 12.7 Å². The molecular formula is C17H18N2O7. The molecule has 0 bridgehead atoms. The molecule has 138 valence electrons. The van der Waals surface area contributed by atoms with Crippen molar-refractivity contribution in [2.75, 3.05) is 25.6 Å². The van der Waals surface area contributed by atoms with Gasteiger partial charge in [0.1, 0.15) is 19.0 Å². The number of methoxy groups -OCH3 is 1. The van der Waals surface area contributed by atoms with Crippen LogP contribution in [0.25, 0.3) is 0 Å². The second-order valence-electron chi connectivity index (χ2n) is 5.56. The Kier molecular flexibility index (Phi) is 4.97. The van der Waals surface area contributed by atoms with Gasteiger partial charge in [-0.2, -0.15) is 0 Å². The largest absolute Gasteiger partial charge is 0.493 e. The summed E-state index contributed by atoms with van der Waals surface area (Å²) in [5, 5.41) is 6.15. The van der Waals surface area contributed by atoms with Gasteiger partial charge >= 0.3 is 5.97 Å². The summed E-state index contributed by atoms with van der Waals surface area (Å²) in [4.78, 5) is 24.5. The number of aryl methyl sites for hydroxylation is 1. The van der Waals surface area contributed by atoms with Crippen LogP contribution in [0.15, 0.2) is 22.7 Å². The molecule has 0 fully saturated rings. The van der Waals surface area contributed by atoms with Crippen LogP contribution in [0.2, 0.25) is 0 Å². The van der Waals surface area contributed by atoms with Crippen LogP contribution in [-0.2, 0) is 9.53 Å². The molecule has 0 aliphatic carbocycles. The summed E-state index contributed by atoms with van der Waals surface area (Å²) in [5.41, 5.74) is 0.183. The number of amides is 1. The fourth-order valence-corrected chi connectivity index (χ4v) is 2.33. The van der Waals surface area contributed by atoms with Gasteiger partial charge in [0.2, 0.25) is 5.75 Å². The van der Waals surface area contributed by atoms with Crippen LogP contribution in [0.5, 0.6) is 17.2 Å². The summed E-state index contributed by atoms with van der Waals surface area (Å²) in [7, 11) is 1.46. The van der Waals surface area contributed by atoms with E-state index in [0.29, 0.717) is 36.2 Å². The van der Waals surface area contributed by atoms with Crippen molar-refractivity contribution in [3.8, 4) is 17.2 Å². The Morgan fingerprint density at radius 1 is 1.23 bits per heavy atom. The highest BCUT2D eigenvalue weighted by atomic mass is 16.6. The van der Waals surface area contributed by atoms with Gasteiger partial charge < -0.3 is 28.8 Å². The van der Waals surface area contributed by atoms with Crippen LogP contribution in [0, 0.1) is 6.92 Å². The Labute approximate surface area is 149 Å². The Bertz CT molecular complexity index is 813. The van der Waals surface area contributed by atoms with E-state index in [-0.39, 0.29) is 11.4 Å². The standard InChI is InChI=1S/C17H18N2O7/c1-9-6-14(19-26-9)18-16(20)10(2)25-17(21)11-7-12(22-3)15-13(8-11)23-4-5-24-15/h6-8,10H,4-5H2,1-3H3,(H,18,19,20)/t10-/m0/s1. The van der Waals surface area contributed by atoms with E-state index in [9.17, 15) is 9.59 Å². The Morgan fingerprint density at radius 2 is 2.00 bits per heavy atom. The number of nitrogens with zero attached hydrogens (tertiary/aromatic N) is 1. The summed E-state index contributed by atoms with van der Waals surface area (Å²) >= 11 is 0. The summed E-state index contributed by atoms with van der Waals surface area (Å²) in [6.45, 7) is 3.91. The summed E-state index contributed by atoms with van der Waals surface area (Å²) < 4.78 is 26.3. The molecule has 1 aromatic carbocycles. The molecule has 0 saturated carbocycles. The smallest absolute Gasteiger partial charge is 0.339 e. The highest BCUT2D eigenvalue weighted by Crippen LogP contribution is 2.40. The second-order valence-corrected chi connectivity index (χ2v) is 5.56. The van der Waals surface area contributed by atoms with Gasteiger partial charge in [-0.05, 0) is 26.0 Å². The van der Waals surface area contributed by atoms with Crippen LogP contribution in [0.4, 0.5) is 5.82 Å². The zero-order valence-electron chi connectivity index (χ0n) is 14.5. The quantitative estimate of drug-likeness (QED) is 0.804. The molecule has 0 unspecified atom stereocenters. The number of carbonyl (C=O) groups excluding carboxylic acids is 2. The normalized spacial score (nSPS) is 13.7. The van der Waals surface area contributed by atoms with Crippen molar-refractivity contribution in [2.24, 2.45) is 0 Å². The van der Waals surface area contributed by atoms with Crippen LogP contribution in [0.1, 0.15) is 23.0 Å². The van der Waals surface area contributed by atoms with Gasteiger partial charge in [0.25, 0.3) is 5.91 Å². The van der Waals surface area contributed by atoms with Crippen molar-refractivity contribution in [3.63, 3.8) is 0 Å². The van der Waals surface area contributed by atoms with Crippen molar-refractivity contribution < 1.29 is 33.1 Å². The van der Waals surface area contributed by atoms with E-state index in [2.05, 4.69) is 10.5 Å². The minimum absolute atomic E-state index is 0.183. The predicted molar refractivity (Wildman–Crippen MR) is 88.7 cm³/mol. The van der Waals surface area contributed by atoms with E-state index in [0.717, 1.165) is 0 Å². The van der Waals surface area contributed by atoms with E-state index in [4.69, 9.17) is 23.5 Å². The van der Waals surface area contributed by atoms with Gasteiger partial charge in [-0.15, -0.1) is 0 Å². The van der Waals surface area contributed by atoms with Crippen LogP contribution < -0.4 is 19.5 Å². The third-order valence-corrected chi connectivity index (χ3v) is 3.60. The highest BCUT2D eigenvalue weighted by molar-refractivity contribution is 5.97. The van der Waals surface area contributed by atoms with Gasteiger partial charge in [0.15, 0.2) is 23.4 Å². The lowest BCUT2D eigenvalue weighted by Gasteiger charge is -2.21. The number of hydrogen-bond donors (Lipinski definition) is 1. The van der Waals surface area contributed by atoms with Gasteiger partial charge in [-0.1, -0.05) is 5.16 Å². The molecule has 0 spiro atoms. The number of ether oxygens (including phenoxy) is 4. The predicted octanol–water partition coefficient (Wildman–Crippen LogP) is 1.95. The van der Waals surface area contributed by atoms with E-state index < -0.39 is 18.0 Å². The molecule has 1 aliphatic heterocycles. The lowest BCUT2D eigenvalue weighted by Crippen LogP contribution is -2.30. The molecule has 1 amide bonds. The molecule has 1 aromatic heterocycles. The van der Waals surface area contributed by atoms with Crippen molar-refractivity contribution in [1.82, 2.24) is 5.16 Å². The summed E-state index contributed by atoms with van der Waals surface area (Å²) in [6.07, 6.45) is -1.04. The lowest BCUT2D eigenvalue weighted by atomic mass is 10.1. The molecule has 1 atom stereocenters. The molecule has 2 aromatic rings. The van der Waals surface area contributed by atoms with Gasteiger partial charge in [-0.3, -0.25) is 4.79 Å². The number of benzene rings is 1. The van der Waals surface area contributed by atoms with E-state index in [1.165, 1.54) is 26.2 Å². The molecule has 2 heterocycles. The van der Waals surface area contributed by atoms with Crippen molar-refractivity contribution >= 4 is 17.7 Å². The van der Waals surface area contributed by atoms with Crippen molar-refractivity contribution in [3.05, 3.63) is 29.5 Å². The minimum Gasteiger partial charge on any atom is -0.493 e. The molecular weight excluding hydrogens is 344 g/mol. The third-order valence-electron chi connectivity index (χ3n) is 3.60. The minimum atomic E-state index is -1.04. The summed E-state index contributed by atoms with van der Waals surface area (Å²) in [6, 6.07) is 4.52. The molecule has 0 radical (unpaired) electrons. The SMILES string of the molecule is COc1cc(C(=O)O[C@@H](C)C(=O)Nc2cc(C)on2)cc2c1OCCO2.